The molecule has 2 atom stereocenters. The van der Waals surface area contributed by atoms with E-state index in [0.29, 0.717) is 0 Å². The second-order valence-electron chi connectivity index (χ2n) is 3.40. The van der Waals surface area contributed by atoms with Crippen LogP contribution < -0.4 is 0 Å². The highest BCUT2D eigenvalue weighted by Gasteiger charge is 2.45. The molecule has 0 spiro atoms. The highest BCUT2D eigenvalue weighted by atomic mass is 19.2. The summed E-state index contributed by atoms with van der Waals surface area (Å²) in [6.07, 6.45) is -5.70. The molecule has 0 aliphatic heterocycles. The zero-order valence-electron chi connectivity index (χ0n) is 9.46. The van der Waals surface area contributed by atoms with E-state index < -0.39 is 46.5 Å². The van der Waals surface area contributed by atoms with Gasteiger partial charge in [-0.05, 0) is 0 Å². The summed E-state index contributed by atoms with van der Waals surface area (Å²) in [5.41, 5.74) is -3.81. The third kappa shape index (κ3) is 2.11. The maximum Gasteiger partial charge on any atom is 0.528 e. The van der Waals surface area contributed by atoms with Crippen molar-refractivity contribution in [3.05, 3.63) is 57.0 Å². The predicted octanol–water partition coefficient (Wildman–Crippen LogP) is 3.22. The van der Waals surface area contributed by atoms with Gasteiger partial charge in [0.15, 0.2) is 24.0 Å². The Kier molecular flexibility index (Phi) is 4.26. The number of alkyl halides is 2. The molecule has 8 heteroatoms. The Bertz CT molecular complexity index is 625. The topological polar surface area (TPSA) is 56.3 Å². The van der Waals surface area contributed by atoms with Gasteiger partial charge in [-0.3, -0.25) is 0 Å². The number of allylic oxidation sites excluding steroid dienone is 5. The van der Waals surface area contributed by atoms with E-state index in [-0.39, 0.29) is 0 Å². The van der Waals surface area contributed by atoms with E-state index >= 15 is 0 Å². The quantitative estimate of drug-likeness (QED) is 0.388. The Morgan fingerprint density at radius 2 is 1.35 bits per heavy atom. The van der Waals surface area contributed by atoms with E-state index in [4.69, 9.17) is 23.7 Å². The SMILES string of the molecule is [C-]#[N+]C([N+]#[C-])=C1C(F)=C(F)C(=C(C#N)C#N)C(F)C1F. The first-order valence-corrected chi connectivity index (χ1v) is 4.82. The zero-order chi connectivity index (χ0) is 15.4. The minimum atomic E-state index is -2.85. The van der Waals surface area contributed by atoms with Crippen LogP contribution in [0.4, 0.5) is 17.6 Å². The van der Waals surface area contributed by atoms with Crippen molar-refractivity contribution in [2.45, 2.75) is 12.3 Å². The summed E-state index contributed by atoms with van der Waals surface area (Å²) in [7, 11) is 0. The van der Waals surface area contributed by atoms with Crippen LogP contribution in [-0.4, -0.2) is 12.3 Å². The molecule has 1 rings (SSSR count). The third-order valence-corrected chi connectivity index (χ3v) is 2.42. The molecular formula is C12H2F4N4. The summed E-state index contributed by atoms with van der Waals surface area (Å²) in [4.78, 5) is 4.98. The monoisotopic (exact) mass is 278 g/mol. The summed E-state index contributed by atoms with van der Waals surface area (Å²) in [5, 5.41) is 17.0. The van der Waals surface area contributed by atoms with Gasteiger partial charge in [0, 0.05) is 0 Å². The van der Waals surface area contributed by atoms with E-state index in [2.05, 4.69) is 9.69 Å². The van der Waals surface area contributed by atoms with Crippen LogP contribution in [0, 0.1) is 35.8 Å². The average Bonchev–Trinajstić information content (AvgIpc) is 2.46. The molecule has 4 nitrogen and oxygen atoms in total. The van der Waals surface area contributed by atoms with Crippen LogP contribution in [0.1, 0.15) is 0 Å². The molecule has 0 aromatic heterocycles. The van der Waals surface area contributed by atoms with Gasteiger partial charge in [0.05, 0.1) is 5.57 Å². The Morgan fingerprint density at radius 3 is 1.75 bits per heavy atom. The number of nitrogens with zero attached hydrogens (tertiary/aromatic N) is 4. The highest BCUT2D eigenvalue weighted by Crippen LogP contribution is 2.42. The average molecular weight is 278 g/mol. The second kappa shape index (κ2) is 5.69. The van der Waals surface area contributed by atoms with Crippen molar-refractivity contribution in [1.82, 2.24) is 0 Å². The van der Waals surface area contributed by atoms with Crippen molar-refractivity contribution in [3.63, 3.8) is 0 Å². The molecule has 0 amide bonds. The summed E-state index contributed by atoms with van der Waals surface area (Å²) in [5.74, 6) is -5.06. The van der Waals surface area contributed by atoms with Crippen molar-refractivity contribution < 1.29 is 17.6 Å². The fourth-order valence-electron chi connectivity index (χ4n) is 1.53. The number of halogens is 4. The van der Waals surface area contributed by atoms with Gasteiger partial charge in [0.2, 0.25) is 0 Å². The lowest BCUT2D eigenvalue weighted by Crippen LogP contribution is -2.29. The standard InChI is InChI=1S/C12H2F4N4/c1-19-12(20-2)7-10(15)8(13)6(5(3-17)4-18)9(14)11(7)16/h8,10H. The largest absolute Gasteiger partial charge is 0.528 e. The first-order valence-electron chi connectivity index (χ1n) is 4.82. The molecule has 0 radical (unpaired) electrons. The third-order valence-electron chi connectivity index (χ3n) is 2.42. The Labute approximate surface area is 110 Å². The van der Waals surface area contributed by atoms with Crippen molar-refractivity contribution in [2.75, 3.05) is 0 Å². The Balaban J connectivity index is 3.80. The summed E-state index contributed by atoms with van der Waals surface area (Å²) in [6, 6.07) is 2.26. The molecule has 0 fully saturated rings. The number of rotatable bonds is 0. The molecule has 0 saturated carbocycles. The predicted molar refractivity (Wildman–Crippen MR) is 57.5 cm³/mol. The molecule has 20 heavy (non-hydrogen) atoms. The van der Waals surface area contributed by atoms with Gasteiger partial charge in [-0.2, -0.15) is 20.2 Å². The van der Waals surface area contributed by atoms with E-state index in [1.165, 1.54) is 0 Å². The van der Waals surface area contributed by atoms with E-state index in [1.54, 1.807) is 0 Å². The van der Waals surface area contributed by atoms with Crippen LogP contribution in [0.5, 0.6) is 0 Å². The first-order chi connectivity index (χ1) is 9.44. The maximum atomic E-state index is 13.8. The van der Waals surface area contributed by atoms with Crippen LogP contribution in [0.25, 0.3) is 9.69 Å². The van der Waals surface area contributed by atoms with E-state index in [0.717, 1.165) is 12.1 Å². The van der Waals surface area contributed by atoms with E-state index in [9.17, 15) is 17.6 Å². The normalized spacial score (nSPS) is 21.4. The molecular weight excluding hydrogens is 276 g/mol. The molecule has 0 bridgehead atoms. The Morgan fingerprint density at radius 1 is 0.950 bits per heavy atom. The van der Waals surface area contributed by atoms with Crippen LogP contribution in [0.15, 0.2) is 34.2 Å². The molecule has 0 saturated heterocycles. The summed E-state index contributed by atoms with van der Waals surface area (Å²) in [6.45, 7) is 13.1. The molecule has 0 aromatic rings. The second-order valence-corrected chi connectivity index (χ2v) is 3.40. The molecule has 2 unspecified atom stereocenters. The van der Waals surface area contributed by atoms with Gasteiger partial charge in [0.1, 0.15) is 36.4 Å². The first kappa shape index (κ1) is 15.0. The van der Waals surface area contributed by atoms with Crippen molar-refractivity contribution in [3.8, 4) is 12.1 Å². The number of hydrogen-bond acceptors (Lipinski definition) is 2. The van der Waals surface area contributed by atoms with Crippen molar-refractivity contribution >= 4 is 0 Å². The zero-order valence-corrected chi connectivity index (χ0v) is 9.46. The lowest BCUT2D eigenvalue weighted by atomic mass is 9.89. The summed E-state index contributed by atoms with van der Waals surface area (Å²) < 4.78 is 54.9. The fourth-order valence-corrected chi connectivity index (χ4v) is 1.53. The van der Waals surface area contributed by atoms with Gasteiger partial charge in [-0.25, -0.2) is 17.6 Å². The van der Waals surface area contributed by atoms with Crippen LogP contribution in [0.3, 0.4) is 0 Å². The Hall–Kier alpha value is -3.10. The van der Waals surface area contributed by atoms with Gasteiger partial charge in [0.25, 0.3) is 0 Å². The lowest BCUT2D eigenvalue weighted by molar-refractivity contribution is 0.210. The molecule has 0 aromatic carbocycles. The minimum absolute atomic E-state index is 1.11. The van der Waals surface area contributed by atoms with Gasteiger partial charge in [-0.15, -0.1) is 0 Å². The van der Waals surface area contributed by atoms with Crippen molar-refractivity contribution in [1.29, 1.82) is 10.5 Å². The van der Waals surface area contributed by atoms with Crippen molar-refractivity contribution in [2.24, 2.45) is 0 Å². The fraction of sp³-hybridized carbons (Fsp3) is 0.167. The lowest BCUT2D eigenvalue weighted by Gasteiger charge is -2.22. The summed E-state index contributed by atoms with van der Waals surface area (Å²) >= 11 is 0. The molecule has 1 aliphatic carbocycles. The van der Waals surface area contributed by atoms with Crippen LogP contribution >= 0.6 is 0 Å². The van der Waals surface area contributed by atoms with E-state index in [1.807, 2.05) is 0 Å². The smallest absolute Gasteiger partial charge is 0.240 e. The van der Waals surface area contributed by atoms with Crippen LogP contribution in [0.2, 0.25) is 0 Å². The minimum Gasteiger partial charge on any atom is -0.240 e. The maximum absolute atomic E-state index is 13.8. The van der Waals surface area contributed by atoms with Gasteiger partial charge >= 0.3 is 5.82 Å². The highest BCUT2D eigenvalue weighted by molar-refractivity contribution is 5.58. The molecule has 1 aliphatic rings. The molecule has 98 valence electrons. The van der Waals surface area contributed by atoms with Crippen LogP contribution in [-0.2, 0) is 0 Å². The number of nitriles is 2. The van der Waals surface area contributed by atoms with Gasteiger partial charge in [-0.1, -0.05) is 0 Å². The molecule has 0 heterocycles. The molecule has 0 N–H and O–H groups in total. The number of hydrogen-bond donors (Lipinski definition) is 0. The van der Waals surface area contributed by atoms with Gasteiger partial charge < -0.3 is 0 Å².